The fourth-order valence-corrected chi connectivity index (χ4v) is 4.80. The van der Waals surface area contributed by atoms with Crippen LogP contribution in [0.2, 0.25) is 0 Å². The summed E-state index contributed by atoms with van der Waals surface area (Å²) in [4.78, 5) is 14.4. The van der Waals surface area contributed by atoms with Crippen molar-refractivity contribution in [3.05, 3.63) is 60.2 Å². The van der Waals surface area contributed by atoms with Gasteiger partial charge in [0.1, 0.15) is 0 Å². The molecular weight excluding hydrogens is 400 g/mol. The highest BCUT2D eigenvalue weighted by molar-refractivity contribution is 7.88. The van der Waals surface area contributed by atoms with Gasteiger partial charge in [-0.2, -0.15) is 0 Å². The van der Waals surface area contributed by atoms with E-state index in [4.69, 9.17) is 4.74 Å². The fraction of sp³-hybridized carbons (Fsp3) is 0.435. The van der Waals surface area contributed by atoms with Crippen LogP contribution in [0.3, 0.4) is 0 Å². The minimum absolute atomic E-state index is 0.302. The Morgan fingerprint density at radius 3 is 2.57 bits per heavy atom. The second-order valence-electron chi connectivity index (χ2n) is 7.78. The van der Waals surface area contributed by atoms with Gasteiger partial charge in [0.15, 0.2) is 0 Å². The van der Waals surface area contributed by atoms with Crippen molar-refractivity contribution in [2.24, 2.45) is 0 Å². The zero-order chi connectivity index (χ0) is 21.6. The van der Waals surface area contributed by atoms with Crippen molar-refractivity contribution >= 4 is 16.1 Å². The number of piperidine rings is 1. The Hall–Kier alpha value is -2.38. The number of amides is 1. The molecule has 1 amide bonds. The Kier molecular flexibility index (Phi) is 7.50. The fourth-order valence-electron chi connectivity index (χ4n) is 3.97. The van der Waals surface area contributed by atoms with E-state index in [2.05, 4.69) is 29.0 Å². The molecule has 162 valence electrons. The molecule has 3 rings (SSSR count). The Morgan fingerprint density at radius 1 is 1.13 bits per heavy atom. The van der Waals surface area contributed by atoms with Crippen molar-refractivity contribution in [3.8, 4) is 11.1 Å². The summed E-state index contributed by atoms with van der Waals surface area (Å²) in [7, 11) is -3.39. The molecular formula is C23H30N2O4S. The van der Waals surface area contributed by atoms with Crippen molar-refractivity contribution in [1.29, 1.82) is 0 Å². The minimum Gasteiger partial charge on any atom is -0.449 e. The van der Waals surface area contributed by atoms with E-state index >= 15 is 0 Å². The first-order valence-electron chi connectivity index (χ1n) is 10.4. The number of hydrogen-bond donors (Lipinski definition) is 1. The van der Waals surface area contributed by atoms with E-state index in [1.807, 2.05) is 37.3 Å². The van der Waals surface area contributed by atoms with Crippen LogP contribution in [-0.4, -0.2) is 50.9 Å². The maximum absolute atomic E-state index is 12.7. The highest BCUT2D eigenvalue weighted by Gasteiger charge is 2.36. The van der Waals surface area contributed by atoms with Crippen molar-refractivity contribution in [2.75, 3.05) is 19.4 Å². The quantitative estimate of drug-likeness (QED) is 0.724. The normalized spacial score (nSPS) is 19.5. The summed E-state index contributed by atoms with van der Waals surface area (Å²) in [5.74, 6) is 0. The number of benzene rings is 2. The molecule has 1 aliphatic heterocycles. The first kappa shape index (κ1) is 22.3. The maximum atomic E-state index is 12.7. The molecule has 0 spiro atoms. The first-order valence-corrected chi connectivity index (χ1v) is 12.3. The molecule has 30 heavy (non-hydrogen) atoms. The monoisotopic (exact) mass is 430 g/mol. The predicted molar refractivity (Wildman–Crippen MR) is 119 cm³/mol. The Bertz CT molecular complexity index is 947. The molecule has 0 radical (unpaired) electrons. The molecule has 1 fully saturated rings. The summed E-state index contributed by atoms with van der Waals surface area (Å²) in [5, 5.41) is 0. The lowest BCUT2D eigenvalue weighted by Gasteiger charge is -2.40. The van der Waals surface area contributed by atoms with Crippen LogP contribution in [0, 0.1) is 0 Å². The molecule has 7 heteroatoms. The smallest absolute Gasteiger partial charge is 0.410 e. The van der Waals surface area contributed by atoms with Gasteiger partial charge in [0.05, 0.1) is 18.9 Å². The van der Waals surface area contributed by atoms with Gasteiger partial charge in [0.2, 0.25) is 10.0 Å². The molecule has 0 saturated carbocycles. The van der Waals surface area contributed by atoms with Crippen LogP contribution in [0.4, 0.5) is 4.79 Å². The summed E-state index contributed by atoms with van der Waals surface area (Å²) in [6.07, 6.45) is 3.50. The molecule has 0 unspecified atom stereocenters. The molecule has 2 aromatic carbocycles. The molecule has 1 N–H and O–H groups in total. The van der Waals surface area contributed by atoms with E-state index in [0.717, 1.165) is 35.8 Å². The summed E-state index contributed by atoms with van der Waals surface area (Å²) in [5.41, 5.74) is 3.27. The number of likely N-dealkylation sites (tertiary alicyclic amines) is 1. The number of hydrogen-bond acceptors (Lipinski definition) is 4. The van der Waals surface area contributed by atoms with Crippen molar-refractivity contribution < 1.29 is 17.9 Å². The third-order valence-corrected chi connectivity index (χ3v) is 6.02. The van der Waals surface area contributed by atoms with Crippen LogP contribution < -0.4 is 4.72 Å². The van der Waals surface area contributed by atoms with E-state index in [-0.39, 0.29) is 18.2 Å². The Balaban J connectivity index is 1.87. The third-order valence-electron chi connectivity index (χ3n) is 5.29. The molecule has 6 nitrogen and oxygen atoms in total. The van der Waals surface area contributed by atoms with Crippen LogP contribution in [0.5, 0.6) is 0 Å². The van der Waals surface area contributed by atoms with E-state index < -0.39 is 10.0 Å². The van der Waals surface area contributed by atoms with Crippen molar-refractivity contribution in [1.82, 2.24) is 9.62 Å². The lowest BCUT2D eigenvalue weighted by molar-refractivity contribution is 0.0646. The lowest BCUT2D eigenvalue weighted by Crippen LogP contribution is -2.57. The van der Waals surface area contributed by atoms with Crippen LogP contribution in [0.15, 0.2) is 54.6 Å². The van der Waals surface area contributed by atoms with Crippen molar-refractivity contribution in [3.63, 3.8) is 0 Å². The minimum atomic E-state index is -3.39. The van der Waals surface area contributed by atoms with Crippen molar-refractivity contribution in [2.45, 2.75) is 44.7 Å². The SMILES string of the molecule is CCCOC(=O)N1CCC[C@@H](NS(C)(=O)=O)[C@H]1Cc1cccc(-c2ccccc2)c1. The van der Waals surface area contributed by atoms with Gasteiger partial charge in [-0.1, -0.05) is 61.5 Å². The third kappa shape index (κ3) is 6.06. The Labute approximate surface area is 179 Å². The van der Waals surface area contributed by atoms with Crippen LogP contribution in [-0.2, 0) is 21.2 Å². The summed E-state index contributed by atoms with van der Waals surface area (Å²) >= 11 is 0. The number of carbonyl (C=O) groups excluding carboxylic acids is 1. The number of ether oxygens (including phenoxy) is 1. The Morgan fingerprint density at radius 2 is 1.87 bits per heavy atom. The van der Waals surface area contributed by atoms with Gasteiger partial charge >= 0.3 is 6.09 Å². The lowest BCUT2D eigenvalue weighted by atomic mass is 9.90. The molecule has 0 bridgehead atoms. The first-order chi connectivity index (χ1) is 14.4. The molecule has 0 aliphatic carbocycles. The summed E-state index contributed by atoms with van der Waals surface area (Å²) in [6.45, 7) is 2.87. The molecule has 2 atom stereocenters. The van der Waals surface area contributed by atoms with E-state index in [0.29, 0.717) is 26.0 Å². The number of carbonyl (C=O) groups is 1. The highest BCUT2D eigenvalue weighted by Crippen LogP contribution is 2.26. The van der Waals surface area contributed by atoms with Gasteiger partial charge in [-0.05, 0) is 42.4 Å². The van der Waals surface area contributed by atoms with Gasteiger partial charge in [-0.3, -0.25) is 0 Å². The number of rotatable bonds is 7. The van der Waals surface area contributed by atoms with Gasteiger partial charge in [0.25, 0.3) is 0 Å². The molecule has 1 aliphatic rings. The number of nitrogens with one attached hydrogen (secondary N) is 1. The summed E-state index contributed by atoms with van der Waals surface area (Å²) < 4.78 is 32.0. The second-order valence-corrected chi connectivity index (χ2v) is 9.56. The summed E-state index contributed by atoms with van der Waals surface area (Å²) in [6, 6.07) is 17.6. The van der Waals surface area contributed by atoms with E-state index in [1.165, 1.54) is 0 Å². The van der Waals surface area contributed by atoms with Crippen LogP contribution in [0.25, 0.3) is 11.1 Å². The van der Waals surface area contributed by atoms with Gasteiger partial charge in [-0.15, -0.1) is 0 Å². The molecule has 1 saturated heterocycles. The van der Waals surface area contributed by atoms with Gasteiger partial charge in [0, 0.05) is 12.6 Å². The van der Waals surface area contributed by atoms with Crippen LogP contribution >= 0.6 is 0 Å². The second kappa shape index (κ2) is 10.1. The largest absolute Gasteiger partial charge is 0.449 e. The standard InChI is InChI=1S/C23H30N2O4S/c1-3-15-29-23(26)25-14-8-13-21(24-30(2,27)28)22(25)17-18-9-7-12-20(16-18)19-10-5-4-6-11-19/h4-7,9-12,16,21-22,24H,3,8,13-15,17H2,1-2H3/t21-,22-/m1/s1. The number of sulfonamides is 1. The average Bonchev–Trinajstić information content (AvgIpc) is 2.73. The van der Waals surface area contributed by atoms with E-state index in [1.54, 1.807) is 4.90 Å². The van der Waals surface area contributed by atoms with E-state index in [9.17, 15) is 13.2 Å². The van der Waals surface area contributed by atoms with Gasteiger partial charge in [-0.25, -0.2) is 17.9 Å². The number of nitrogens with zero attached hydrogens (tertiary/aromatic N) is 1. The molecule has 1 heterocycles. The zero-order valence-electron chi connectivity index (χ0n) is 17.6. The van der Waals surface area contributed by atoms with Crippen LogP contribution in [0.1, 0.15) is 31.7 Å². The molecule has 2 aromatic rings. The molecule has 0 aromatic heterocycles. The highest BCUT2D eigenvalue weighted by atomic mass is 32.2. The van der Waals surface area contributed by atoms with Gasteiger partial charge < -0.3 is 9.64 Å². The average molecular weight is 431 g/mol. The zero-order valence-corrected chi connectivity index (χ0v) is 18.4. The topological polar surface area (TPSA) is 75.7 Å². The maximum Gasteiger partial charge on any atom is 0.410 e. The predicted octanol–water partition coefficient (Wildman–Crippen LogP) is 3.82.